The molecule has 1 N–H and O–H groups in total. The van der Waals surface area contributed by atoms with Gasteiger partial charge in [-0.05, 0) is 69.8 Å². The third-order valence-corrected chi connectivity index (χ3v) is 11.6. The molecule has 0 unspecified atom stereocenters. The van der Waals surface area contributed by atoms with Crippen molar-refractivity contribution in [2.75, 3.05) is 25.3 Å². The second-order valence-corrected chi connectivity index (χ2v) is 15.7. The molecule has 0 aromatic heterocycles. The number of nitrogens with one attached hydrogen (secondary N) is 1. The third-order valence-electron chi connectivity index (χ3n) is 4.29. The zero-order valence-electron chi connectivity index (χ0n) is 20.0. The molecule has 6 nitrogen and oxygen atoms in total. The number of halogens is 1. The Bertz CT molecular complexity index is 981. The minimum absolute atomic E-state index is 0.232. The lowest BCUT2D eigenvalue weighted by molar-refractivity contribution is 0.133. The van der Waals surface area contributed by atoms with Gasteiger partial charge in [-0.3, -0.25) is 0 Å². The summed E-state index contributed by atoms with van der Waals surface area (Å²) in [4.78, 5) is 12.3. The molecule has 2 aromatic carbocycles. The van der Waals surface area contributed by atoms with Gasteiger partial charge in [0.05, 0.1) is 18.3 Å². The third kappa shape index (κ3) is 9.61. The molecule has 0 saturated carbocycles. The molecule has 1 amide bonds. The molecule has 2 aromatic rings. The first kappa shape index (κ1) is 29.3. The van der Waals surface area contributed by atoms with Crippen molar-refractivity contribution in [1.29, 1.82) is 0 Å². The molecule has 1 heterocycles. The maximum Gasteiger partial charge on any atom is 0.412 e. The summed E-state index contributed by atoms with van der Waals surface area (Å²) in [5.41, 5.74) is -1.32. The normalized spacial score (nSPS) is 13.8. The van der Waals surface area contributed by atoms with E-state index in [9.17, 15) is 4.79 Å². The molecule has 0 fully saturated rings. The van der Waals surface area contributed by atoms with Gasteiger partial charge in [0.2, 0.25) is 5.69 Å². The van der Waals surface area contributed by atoms with E-state index >= 15 is 0 Å². The molecule has 1 aliphatic rings. The molecule has 0 saturated heterocycles. The average Bonchev–Trinajstić information content (AvgIpc) is 3.11. The second-order valence-electron chi connectivity index (χ2n) is 7.55. The lowest BCUT2D eigenvalue weighted by atomic mass is 10.0. The van der Waals surface area contributed by atoms with Crippen molar-refractivity contribution in [3.05, 3.63) is 53.1 Å². The Labute approximate surface area is 220 Å². The van der Waals surface area contributed by atoms with Crippen LogP contribution in [-0.4, -0.2) is 37.0 Å². The van der Waals surface area contributed by atoms with Crippen molar-refractivity contribution < 1.29 is 23.3 Å². The predicted octanol–water partition coefficient (Wildman–Crippen LogP) is 7.54. The van der Waals surface area contributed by atoms with Crippen molar-refractivity contribution in [1.82, 2.24) is 5.32 Å². The number of para-hydroxylation sites is 1. The van der Waals surface area contributed by atoms with Gasteiger partial charge in [0, 0.05) is 29.0 Å². The van der Waals surface area contributed by atoms with Crippen molar-refractivity contribution in [3.63, 3.8) is 0 Å². The second kappa shape index (κ2) is 14.0. The fraction of sp³-hybridized carbons (Fsp3) is 0.435. The zero-order chi connectivity index (χ0) is 25.2. The first-order chi connectivity index (χ1) is 16.1. The first-order valence-electron chi connectivity index (χ1n) is 10.7. The minimum Gasteiger partial charge on any atom is -0.483 e. The number of thioether (sulfide) groups is 1. The fourth-order valence-corrected chi connectivity index (χ4v) is 10.0. The van der Waals surface area contributed by atoms with Crippen LogP contribution in [0.2, 0.25) is 5.02 Å². The number of benzene rings is 2. The topological polar surface area (TPSA) is 66.0 Å². The zero-order valence-corrected chi connectivity index (χ0v) is 24.1. The molecule has 11 heteroatoms. The Morgan fingerprint density at radius 3 is 2.41 bits per heavy atom. The van der Waals surface area contributed by atoms with Gasteiger partial charge in [-0.25, -0.2) is 4.79 Å². The van der Waals surface area contributed by atoms with E-state index in [0.717, 1.165) is 22.1 Å². The number of hydrogen-bond donors (Lipinski definition) is 1. The Morgan fingerprint density at radius 1 is 1.18 bits per heavy atom. The maximum atomic E-state index is 11.2. The van der Waals surface area contributed by atoms with E-state index in [0.29, 0.717) is 24.7 Å². The van der Waals surface area contributed by atoms with Crippen molar-refractivity contribution in [2.45, 2.75) is 44.6 Å². The van der Waals surface area contributed by atoms with Gasteiger partial charge in [0.15, 0.2) is 11.5 Å². The van der Waals surface area contributed by atoms with Crippen LogP contribution in [0.4, 0.5) is 4.79 Å². The number of rotatable bonds is 9. The maximum absolute atomic E-state index is 11.2. The van der Waals surface area contributed by atoms with Gasteiger partial charge in [0.25, 0.3) is 0 Å². The minimum atomic E-state index is -2.16. The van der Waals surface area contributed by atoms with Crippen LogP contribution in [0.5, 0.6) is 11.5 Å². The largest absolute Gasteiger partial charge is 0.483 e. The molecule has 1 aliphatic heterocycles. The highest BCUT2D eigenvalue weighted by Crippen LogP contribution is 2.62. The van der Waals surface area contributed by atoms with Crippen LogP contribution in [0.1, 0.15) is 33.3 Å². The van der Waals surface area contributed by atoms with Crippen molar-refractivity contribution in [2.24, 2.45) is 0 Å². The number of fused-ring (bicyclic) bond motifs is 1. The molecular weight excluding hydrogens is 533 g/mol. The summed E-state index contributed by atoms with van der Waals surface area (Å²) in [5, 5.41) is 3.98. The van der Waals surface area contributed by atoms with E-state index in [2.05, 4.69) is 5.32 Å². The molecule has 188 valence electrons. The van der Waals surface area contributed by atoms with Gasteiger partial charge in [-0.2, -0.15) is 0 Å². The van der Waals surface area contributed by atoms with Crippen LogP contribution in [0.15, 0.2) is 47.4 Å². The van der Waals surface area contributed by atoms with E-state index < -0.39 is 11.8 Å². The average molecular weight is 564 g/mol. The number of carbonyl (C=O) groups excluding carboxylic acids is 1. The first-order valence-corrected chi connectivity index (χ1v) is 16.3. The highest BCUT2D eigenvalue weighted by Gasteiger charge is 2.32. The summed E-state index contributed by atoms with van der Waals surface area (Å²) in [6.45, 7) is 9.08. The van der Waals surface area contributed by atoms with Gasteiger partial charge < -0.3 is 23.8 Å². The van der Waals surface area contributed by atoms with Crippen LogP contribution in [0, 0.1) is 0 Å². The Hall–Kier alpha value is -0.930. The standard InChI is InChI=1S/C12H15NO3.C11H16ClO2PS3/c1-12(2)7-8-5-4-6-9(10(8)16-12)15-11(14)13-3;1-3-13-15(16,14-4-2)18-9-17-11-7-5-10(12)6-8-11/h4-6H,7H2,1-3H3,(H,13,14);5-8H,3-4,9H2,1-2H3. The number of amides is 1. The Balaban J connectivity index is 0.000000241. The number of carbonyl (C=O) groups is 1. The molecule has 34 heavy (non-hydrogen) atoms. The summed E-state index contributed by atoms with van der Waals surface area (Å²) in [5.74, 6) is 1.15. The quantitative estimate of drug-likeness (QED) is 0.191. The van der Waals surface area contributed by atoms with Crippen LogP contribution >= 0.6 is 40.4 Å². The van der Waals surface area contributed by atoms with E-state index in [1.165, 1.54) is 11.9 Å². The summed E-state index contributed by atoms with van der Waals surface area (Å²) in [7, 11) is 1.52. The van der Waals surface area contributed by atoms with Crippen LogP contribution in [-0.2, 0) is 27.3 Å². The highest BCUT2D eigenvalue weighted by molar-refractivity contribution is 8.69. The summed E-state index contributed by atoms with van der Waals surface area (Å²) in [6.07, 6.45) is 0.342. The SMILES string of the molecule is CCOP(=S)(OCC)SCSc1ccc(Cl)cc1.CNC(=O)Oc1cccc2c1OC(C)(C)C2. The predicted molar refractivity (Wildman–Crippen MR) is 147 cm³/mol. The molecular formula is C23H31ClNO5PS3. The molecule has 0 radical (unpaired) electrons. The number of hydrogen-bond acceptors (Lipinski definition) is 8. The lowest BCUT2D eigenvalue weighted by Crippen LogP contribution is -2.25. The van der Waals surface area contributed by atoms with E-state index in [-0.39, 0.29) is 5.60 Å². The molecule has 3 rings (SSSR count). The Morgan fingerprint density at radius 2 is 1.82 bits per heavy atom. The lowest BCUT2D eigenvalue weighted by Gasteiger charge is -2.19. The Kier molecular flexibility index (Phi) is 12.0. The van der Waals surface area contributed by atoms with E-state index in [1.807, 2.05) is 64.1 Å². The summed E-state index contributed by atoms with van der Waals surface area (Å²) in [6, 6.07) is 13.3. The summed E-state index contributed by atoms with van der Waals surface area (Å²) >= 11 is 14.6. The smallest absolute Gasteiger partial charge is 0.412 e. The van der Waals surface area contributed by atoms with Gasteiger partial charge in [-0.1, -0.05) is 35.1 Å². The van der Waals surface area contributed by atoms with Crippen LogP contribution < -0.4 is 14.8 Å². The molecule has 0 bridgehead atoms. The highest BCUT2D eigenvalue weighted by atomic mass is 35.5. The van der Waals surface area contributed by atoms with Gasteiger partial charge in [-0.15, -0.1) is 11.8 Å². The van der Waals surface area contributed by atoms with Gasteiger partial charge >= 0.3 is 6.09 Å². The number of ether oxygens (including phenoxy) is 2. The molecule has 0 aliphatic carbocycles. The molecule has 0 atom stereocenters. The monoisotopic (exact) mass is 563 g/mol. The van der Waals surface area contributed by atoms with Crippen molar-refractivity contribution >= 4 is 58.3 Å². The van der Waals surface area contributed by atoms with Crippen LogP contribution in [0.3, 0.4) is 0 Å². The van der Waals surface area contributed by atoms with Crippen molar-refractivity contribution in [3.8, 4) is 11.5 Å². The van der Waals surface area contributed by atoms with Gasteiger partial charge in [0.1, 0.15) is 5.60 Å². The summed E-state index contributed by atoms with van der Waals surface area (Å²) < 4.78 is 22.0. The van der Waals surface area contributed by atoms with E-state index in [1.54, 1.807) is 29.2 Å². The molecule has 0 spiro atoms. The fourth-order valence-electron chi connectivity index (χ4n) is 2.94. The van der Waals surface area contributed by atoms with Crippen LogP contribution in [0.25, 0.3) is 0 Å². The van der Waals surface area contributed by atoms with E-state index in [4.69, 9.17) is 41.9 Å².